The fraction of sp³-hybridized carbons (Fsp3) is 0.846. The predicted octanol–water partition coefficient (Wildman–Crippen LogP) is 3.76. The number of nitrogens with zero attached hydrogens (tertiary/aromatic N) is 3. The van der Waals surface area contributed by atoms with Gasteiger partial charge in [-0.15, -0.1) is 5.10 Å². The van der Waals surface area contributed by atoms with Gasteiger partial charge in [0.1, 0.15) is 0 Å². The van der Waals surface area contributed by atoms with E-state index in [2.05, 4.69) is 37.3 Å². The Kier molecular flexibility index (Phi) is 6.12. The van der Waals surface area contributed by atoms with Crippen molar-refractivity contribution in [3.05, 3.63) is 11.9 Å². The molecule has 0 saturated heterocycles. The van der Waals surface area contributed by atoms with Crippen LogP contribution in [0.2, 0.25) is 0 Å². The highest BCUT2D eigenvalue weighted by atomic mass is 15.4. The number of aromatic nitrogens is 3. The van der Waals surface area contributed by atoms with Crippen molar-refractivity contribution < 1.29 is 0 Å². The fourth-order valence-corrected chi connectivity index (χ4v) is 1.74. The lowest BCUT2D eigenvalue weighted by atomic mass is 10.1. The van der Waals surface area contributed by atoms with Crippen molar-refractivity contribution in [3.8, 4) is 0 Å². The first kappa shape index (κ1) is 13.2. The Labute approximate surface area is 99.2 Å². The van der Waals surface area contributed by atoms with Gasteiger partial charge in [0.25, 0.3) is 0 Å². The van der Waals surface area contributed by atoms with Crippen molar-refractivity contribution >= 4 is 0 Å². The summed E-state index contributed by atoms with van der Waals surface area (Å²) in [4.78, 5) is 0. The molecular weight excluding hydrogens is 198 g/mol. The molecule has 0 aliphatic carbocycles. The Morgan fingerprint density at radius 3 is 2.44 bits per heavy atom. The molecule has 0 atom stereocenters. The van der Waals surface area contributed by atoms with Gasteiger partial charge >= 0.3 is 0 Å². The molecular formula is C13H25N3. The van der Waals surface area contributed by atoms with Crippen molar-refractivity contribution in [1.82, 2.24) is 15.0 Å². The van der Waals surface area contributed by atoms with E-state index in [0.29, 0.717) is 5.92 Å². The van der Waals surface area contributed by atoms with Gasteiger partial charge < -0.3 is 0 Å². The van der Waals surface area contributed by atoms with E-state index in [1.807, 2.05) is 4.68 Å². The third-order valence-electron chi connectivity index (χ3n) is 2.89. The zero-order valence-corrected chi connectivity index (χ0v) is 10.9. The number of hydrogen-bond donors (Lipinski definition) is 0. The molecule has 16 heavy (non-hydrogen) atoms. The quantitative estimate of drug-likeness (QED) is 0.628. The zero-order valence-electron chi connectivity index (χ0n) is 10.9. The maximum Gasteiger partial charge on any atom is 0.0852 e. The number of unbranched alkanes of at least 4 members (excludes halogenated alkanes) is 5. The Bertz CT molecular complexity index is 278. The van der Waals surface area contributed by atoms with E-state index in [0.717, 1.165) is 12.2 Å². The summed E-state index contributed by atoms with van der Waals surface area (Å²) in [7, 11) is 0. The van der Waals surface area contributed by atoms with Crippen LogP contribution in [-0.4, -0.2) is 15.0 Å². The molecule has 0 amide bonds. The van der Waals surface area contributed by atoms with Crippen molar-refractivity contribution in [2.24, 2.45) is 0 Å². The Hall–Kier alpha value is -0.860. The normalized spacial score (nSPS) is 11.2. The van der Waals surface area contributed by atoms with Crippen LogP contribution in [0.15, 0.2) is 6.20 Å². The van der Waals surface area contributed by atoms with Gasteiger partial charge in [-0.25, -0.2) is 0 Å². The minimum atomic E-state index is 0.485. The summed E-state index contributed by atoms with van der Waals surface area (Å²) in [6, 6.07) is 0. The molecule has 1 heterocycles. The van der Waals surface area contributed by atoms with Crippen LogP contribution in [0.25, 0.3) is 0 Å². The molecule has 0 N–H and O–H groups in total. The third-order valence-corrected chi connectivity index (χ3v) is 2.89. The molecule has 0 spiro atoms. The summed E-state index contributed by atoms with van der Waals surface area (Å²) in [5.74, 6) is 0.485. The SMILES string of the molecule is CCCCCCCCn1cc(C(C)C)nn1. The molecule has 0 aromatic carbocycles. The molecule has 0 radical (unpaired) electrons. The molecule has 3 nitrogen and oxygen atoms in total. The van der Waals surface area contributed by atoms with E-state index in [1.165, 1.54) is 38.5 Å². The molecule has 1 rings (SSSR count). The number of hydrogen-bond acceptors (Lipinski definition) is 2. The highest BCUT2D eigenvalue weighted by molar-refractivity contribution is 4.97. The van der Waals surface area contributed by atoms with Crippen LogP contribution in [0.1, 0.15) is 70.9 Å². The maximum absolute atomic E-state index is 4.16. The van der Waals surface area contributed by atoms with Crippen LogP contribution in [0.5, 0.6) is 0 Å². The molecule has 3 heteroatoms. The summed E-state index contributed by atoms with van der Waals surface area (Å²) < 4.78 is 1.98. The molecule has 0 unspecified atom stereocenters. The molecule has 0 saturated carbocycles. The van der Waals surface area contributed by atoms with Crippen LogP contribution >= 0.6 is 0 Å². The third kappa shape index (κ3) is 4.77. The maximum atomic E-state index is 4.16. The summed E-state index contributed by atoms with van der Waals surface area (Å²) in [6.07, 6.45) is 10.1. The molecule has 1 aromatic rings. The molecule has 0 bridgehead atoms. The van der Waals surface area contributed by atoms with Crippen LogP contribution in [0, 0.1) is 0 Å². The smallest absolute Gasteiger partial charge is 0.0852 e. The van der Waals surface area contributed by atoms with Gasteiger partial charge in [0.15, 0.2) is 0 Å². The van der Waals surface area contributed by atoms with E-state index in [4.69, 9.17) is 0 Å². The topological polar surface area (TPSA) is 30.7 Å². The lowest BCUT2D eigenvalue weighted by molar-refractivity contribution is 0.516. The van der Waals surface area contributed by atoms with Crippen LogP contribution in [0.3, 0.4) is 0 Å². The van der Waals surface area contributed by atoms with Gasteiger partial charge in [0.2, 0.25) is 0 Å². The first-order valence-corrected chi connectivity index (χ1v) is 6.64. The lowest BCUT2D eigenvalue weighted by Gasteiger charge is -2.01. The van der Waals surface area contributed by atoms with Gasteiger partial charge in [-0.1, -0.05) is 58.1 Å². The summed E-state index contributed by atoms with van der Waals surface area (Å²) >= 11 is 0. The van der Waals surface area contributed by atoms with E-state index in [9.17, 15) is 0 Å². The second-order valence-electron chi connectivity index (χ2n) is 4.83. The second-order valence-corrected chi connectivity index (χ2v) is 4.83. The van der Waals surface area contributed by atoms with Crippen molar-refractivity contribution in [3.63, 3.8) is 0 Å². The van der Waals surface area contributed by atoms with Gasteiger partial charge in [0, 0.05) is 12.7 Å². The Balaban J connectivity index is 2.12. The predicted molar refractivity (Wildman–Crippen MR) is 67.5 cm³/mol. The first-order valence-electron chi connectivity index (χ1n) is 6.64. The highest BCUT2D eigenvalue weighted by Crippen LogP contribution is 2.10. The number of rotatable bonds is 8. The second kappa shape index (κ2) is 7.42. The minimum Gasteiger partial charge on any atom is -0.252 e. The van der Waals surface area contributed by atoms with Crippen LogP contribution in [0.4, 0.5) is 0 Å². The minimum absolute atomic E-state index is 0.485. The van der Waals surface area contributed by atoms with Gasteiger partial charge in [-0.3, -0.25) is 4.68 Å². The van der Waals surface area contributed by atoms with Crippen LogP contribution < -0.4 is 0 Å². The Morgan fingerprint density at radius 2 is 1.81 bits per heavy atom. The largest absolute Gasteiger partial charge is 0.252 e. The van der Waals surface area contributed by atoms with Gasteiger partial charge in [-0.05, 0) is 12.3 Å². The average molecular weight is 223 g/mol. The molecule has 92 valence electrons. The number of aryl methyl sites for hydroxylation is 1. The van der Waals surface area contributed by atoms with Crippen molar-refractivity contribution in [2.45, 2.75) is 71.8 Å². The lowest BCUT2D eigenvalue weighted by Crippen LogP contribution is -1.98. The van der Waals surface area contributed by atoms with E-state index < -0.39 is 0 Å². The summed E-state index contributed by atoms with van der Waals surface area (Å²) in [6.45, 7) is 7.58. The molecule has 0 aliphatic rings. The standard InChI is InChI=1S/C13H25N3/c1-4-5-6-7-8-9-10-16-11-13(12(2)3)14-15-16/h11-12H,4-10H2,1-3H3. The monoisotopic (exact) mass is 223 g/mol. The van der Waals surface area contributed by atoms with Crippen molar-refractivity contribution in [1.29, 1.82) is 0 Å². The Morgan fingerprint density at radius 1 is 1.12 bits per heavy atom. The first-order chi connectivity index (χ1) is 7.74. The van der Waals surface area contributed by atoms with E-state index in [-0.39, 0.29) is 0 Å². The average Bonchev–Trinajstić information content (AvgIpc) is 2.72. The van der Waals surface area contributed by atoms with E-state index in [1.54, 1.807) is 0 Å². The van der Waals surface area contributed by atoms with E-state index >= 15 is 0 Å². The molecule has 0 fully saturated rings. The fourth-order valence-electron chi connectivity index (χ4n) is 1.74. The summed E-state index contributed by atoms with van der Waals surface area (Å²) in [5, 5.41) is 8.30. The van der Waals surface area contributed by atoms with Gasteiger partial charge in [-0.2, -0.15) is 0 Å². The van der Waals surface area contributed by atoms with Gasteiger partial charge in [0.05, 0.1) is 5.69 Å². The van der Waals surface area contributed by atoms with Crippen LogP contribution in [-0.2, 0) is 6.54 Å². The zero-order chi connectivity index (χ0) is 11.8. The molecule has 0 aliphatic heterocycles. The summed E-state index contributed by atoms with van der Waals surface area (Å²) in [5.41, 5.74) is 1.10. The molecule has 1 aromatic heterocycles. The van der Waals surface area contributed by atoms with Crippen molar-refractivity contribution in [2.75, 3.05) is 0 Å². The highest BCUT2D eigenvalue weighted by Gasteiger charge is 2.03.